The van der Waals surface area contributed by atoms with Crippen molar-refractivity contribution < 1.29 is 32.1 Å². The predicted molar refractivity (Wildman–Crippen MR) is 92.3 cm³/mol. The summed E-state index contributed by atoms with van der Waals surface area (Å²) in [5, 5.41) is 9.05. The highest BCUT2D eigenvalue weighted by atomic mass is 32.2. The number of carbonyl (C=O) groups excluding carboxylic acids is 1. The third kappa shape index (κ3) is 10.7. The molecule has 0 radical (unpaired) electrons. The molecule has 0 saturated carbocycles. The van der Waals surface area contributed by atoms with Crippen LogP contribution in [0.15, 0.2) is 0 Å². The molecular formula is C16H32NO6S+. The molecule has 0 aliphatic heterocycles. The first-order valence-corrected chi connectivity index (χ1v) is 10.0. The molecule has 2 N–H and O–H groups in total. The molecule has 24 heavy (non-hydrogen) atoms. The molecule has 0 aromatic heterocycles. The molecular weight excluding hydrogens is 334 g/mol. The maximum Gasteiger partial charge on any atom is 0.306 e. The molecule has 0 bridgehead atoms. The largest absolute Gasteiger partial charge is 0.481 e. The number of quaternary nitrogens is 1. The van der Waals surface area contributed by atoms with Crippen LogP contribution in [0, 0.1) is 11.8 Å². The van der Waals surface area contributed by atoms with E-state index >= 15 is 0 Å². The van der Waals surface area contributed by atoms with E-state index in [0.717, 1.165) is 6.54 Å². The number of aliphatic carboxylic acids is 1. The Labute approximate surface area is 145 Å². The van der Waals surface area contributed by atoms with Crippen molar-refractivity contribution in [3.8, 4) is 0 Å². The summed E-state index contributed by atoms with van der Waals surface area (Å²) >= 11 is 0. The van der Waals surface area contributed by atoms with Crippen molar-refractivity contribution in [2.45, 2.75) is 46.0 Å². The fraction of sp³-hybridized carbons (Fsp3) is 0.875. The Balaban J connectivity index is 4.19. The first-order valence-electron chi connectivity index (χ1n) is 8.40. The second-order valence-electron chi connectivity index (χ2n) is 7.17. The topological polar surface area (TPSA) is 109 Å². The second-order valence-corrected chi connectivity index (χ2v) is 8.74. The summed E-state index contributed by atoms with van der Waals surface area (Å²) in [6, 6.07) is 0. The quantitative estimate of drug-likeness (QED) is 0.380. The zero-order valence-corrected chi connectivity index (χ0v) is 16.0. The fourth-order valence-electron chi connectivity index (χ4n) is 2.71. The lowest BCUT2D eigenvalue weighted by molar-refractivity contribution is -0.890. The van der Waals surface area contributed by atoms with E-state index in [2.05, 4.69) is 0 Å². The number of hydrogen-bond donors (Lipinski definition) is 2. The Kier molecular flexibility index (Phi) is 9.69. The molecule has 0 rings (SSSR count). The third-order valence-electron chi connectivity index (χ3n) is 4.38. The normalized spacial score (nSPS) is 15.0. The summed E-state index contributed by atoms with van der Waals surface area (Å²) in [6.07, 6.45) is 2.33. The highest BCUT2D eigenvalue weighted by Crippen LogP contribution is 2.18. The van der Waals surface area contributed by atoms with Gasteiger partial charge in [0.05, 0.1) is 38.9 Å². The van der Waals surface area contributed by atoms with Gasteiger partial charge in [-0.3, -0.25) is 14.1 Å². The summed E-state index contributed by atoms with van der Waals surface area (Å²) in [5.74, 6) is -1.77. The minimum Gasteiger partial charge on any atom is -0.481 e. The van der Waals surface area contributed by atoms with Gasteiger partial charge in [0, 0.05) is 25.2 Å². The maximum atomic E-state index is 12.1. The van der Waals surface area contributed by atoms with Gasteiger partial charge < -0.3 is 9.59 Å². The molecule has 142 valence electrons. The zero-order chi connectivity index (χ0) is 19.0. The van der Waals surface area contributed by atoms with Crippen molar-refractivity contribution in [1.29, 1.82) is 0 Å². The van der Waals surface area contributed by atoms with Gasteiger partial charge in [-0.25, -0.2) is 0 Å². The monoisotopic (exact) mass is 366 g/mol. The van der Waals surface area contributed by atoms with Crippen LogP contribution in [0.25, 0.3) is 0 Å². The highest BCUT2D eigenvalue weighted by molar-refractivity contribution is 7.85. The van der Waals surface area contributed by atoms with Gasteiger partial charge in [-0.05, 0) is 12.8 Å². The van der Waals surface area contributed by atoms with Crippen LogP contribution in [0.4, 0.5) is 0 Å². The van der Waals surface area contributed by atoms with Gasteiger partial charge in [-0.15, -0.1) is 0 Å². The summed E-state index contributed by atoms with van der Waals surface area (Å²) in [4.78, 5) is 23.2. The van der Waals surface area contributed by atoms with Gasteiger partial charge in [0.15, 0.2) is 0 Å². The molecule has 0 saturated heterocycles. The number of hydrogen-bond acceptors (Lipinski definition) is 4. The number of carbonyl (C=O) groups is 2. The highest BCUT2D eigenvalue weighted by Gasteiger charge is 2.23. The van der Waals surface area contributed by atoms with Crippen molar-refractivity contribution in [3.05, 3.63) is 0 Å². The average Bonchev–Trinajstić information content (AvgIpc) is 2.41. The van der Waals surface area contributed by atoms with Gasteiger partial charge in [0.2, 0.25) is 0 Å². The molecule has 0 amide bonds. The van der Waals surface area contributed by atoms with Crippen LogP contribution in [0.3, 0.4) is 0 Å². The SMILES string of the molecule is CCC(CC(C)C(=O)CCC[N+](C)(C)CCCS(=O)(=O)O)C(=O)O. The summed E-state index contributed by atoms with van der Waals surface area (Å²) in [7, 11) is -0.0174. The van der Waals surface area contributed by atoms with E-state index in [1.165, 1.54) is 0 Å². The smallest absolute Gasteiger partial charge is 0.306 e. The first-order chi connectivity index (χ1) is 10.9. The standard InChI is InChI=1S/C16H31NO6S/c1-5-14(16(19)20)12-13(2)15(18)8-6-9-17(3,4)10-7-11-24(21,22)23/h13-14H,5-12H2,1-4H3,(H-,19,20,21,22,23)/p+1. The Morgan fingerprint density at radius 3 is 2.12 bits per heavy atom. The first kappa shape index (κ1) is 23.0. The van der Waals surface area contributed by atoms with Crippen LogP contribution in [0.5, 0.6) is 0 Å². The lowest BCUT2D eigenvalue weighted by atomic mass is 9.89. The second kappa shape index (κ2) is 10.1. The Morgan fingerprint density at radius 2 is 1.67 bits per heavy atom. The lowest BCUT2D eigenvalue weighted by Crippen LogP contribution is -2.42. The molecule has 2 unspecified atom stereocenters. The average molecular weight is 366 g/mol. The molecule has 0 heterocycles. The summed E-state index contributed by atoms with van der Waals surface area (Å²) in [6.45, 7) is 4.91. The van der Waals surface area contributed by atoms with Crippen molar-refractivity contribution in [2.24, 2.45) is 11.8 Å². The molecule has 0 aliphatic rings. The van der Waals surface area contributed by atoms with Gasteiger partial charge >= 0.3 is 5.97 Å². The Bertz CT molecular complexity index is 515. The van der Waals surface area contributed by atoms with Crippen LogP contribution in [-0.2, 0) is 19.7 Å². The number of ketones is 1. The molecule has 2 atom stereocenters. The van der Waals surface area contributed by atoms with Crippen LogP contribution in [0.2, 0.25) is 0 Å². The van der Waals surface area contributed by atoms with Crippen molar-refractivity contribution in [2.75, 3.05) is 32.9 Å². The van der Waals surface area contributed by atoms with E-state index in [1.54, 1.807) is 6.92 Å². The van der Waals surface area contributed by atoms with Crippen LogP contribution in [0.1, 0.15) is 46.0 Å². The maximum absolute atomic E-state index is 12.1. The van der Waals surface area contributed by atoms with Crippen LogP contribution in [-0.4, -0.2) is 67.3 Å². The van der Waals surface area contributed by atoms with E-state index in [0.29, 0.717) is 43.1 Å². The van der Waals surface area contributed by atoms with E-state index in [9.17, 15) is 18.0 Å². The van der Waals surface area contributed by atoms with Gasteiger partial charge in [0.25, 0.3) is 10.1 Å². The minimum atomic E-state index is -3.92. The van der Waals surface area contributed by atoms with Crippen LogP contribution >= 0.6 is 0 Å². The number of carboxylic acid groups (broad SMARTS) is 1. The molecule has 0 aliphatic carbocycles. The van der Waals surface area contributed by atoms with E-state index < -0.39 is 22.0 Å². The van der Waals surface area contributed by atoms with Gasteiger partial charge in [-0.1, -0.05) is 13.8 Å². The predicted octanol–water partition coefficient (Wildman–Crippen LogP) is 1.83. The summed E-state index contributed by atoms with van der Waals surface area (Å²) < 4.78 is 30.7. The number of rotatable bonds is 13. The van der Waals surface area contributed by atoms with Gasteiger partial charge in [-0.2, -0.15) is 8.42 Å². The van der Waals surface area contributed by atoms with Gasteiger partial charge in [0.1, 0.15) is 5.78 Å². The van der Waals surface area contributed by atoms with E-state index in [4.69, 9.17) is 9.66 Å². The summed E-state index contributed by atoms with van der Waals surface area (Å²) in [5.41, 5.74) is 0. The van der Waals surface area contributed by atoms with Crippen molar-refractivity contribution in [3.63, 3.8) is 0 Å². The number of Topliss-reactive ketones (excluding diaryl/α,β-unsaturated/α-hetero) is 1. The number of carboxylic acids is 1. The molecule has 8 heteroatoms. The molecule has 0 spiro atoms. The lowest BCUT2D eigenvalue weighted by Gasteiger charge is -2.29. The number of nitrogens with zero attached hydrogens (tertiary/aromatic N) is 1. The fourth-order valence-corrected chi connectivity index (χ4v) is 3.21. The Morgan fingerprint density at radius 1 is 1.12 bits per heavy atom. The molecule has 0 aromatic rings. The van der Waals surface area contributed by atoms with E-state index in [-0.39, 0.29) is 17.5 Å². The van der Waals surface area contributed by atoms with Crippen LogP contribution < -0.4 is 0 Å². The van der Waals surface area contributed by atoms with Crippen molar-refractivity contribution >= 4 is 21.9 Å². The molecule has 0 aromatic carbocycles. The Hall–Kier alpha value is -0.990. The third-order valence-corrected chi connectivity index (χ3v) is 5.19. The molecule has 7 nitrogen and oxygen atoms in total. The molecule has 0 fully saturated rings. The van der Waals surface area contributed by atoms with E-state index in [1.807, 2.05) is 21.0 Å². The minimum absolute atomic E-state index is 0.0765. The zero-order valence-electron chi connectivity index (χ0n) is 15.2. The van der Waals surface area contributed by atoms with Crippen molar-refractivity contribution in [1.82, 2.24) is 0 Å².